The zero-order valence-electron chi connectivity index (χ0n) is 10.4. The molecule has 1 heterocycles. The van der Waals surface area contributed by atoms with Crippen molar-refractivity contribution in [2.24, 2.45) is 5.92 Å². The van der Waals surface area contributed by atoms with Crippen molar-refractivity contribution in [3.63, 3.8) is 0 Å². The van der Waals surface area contributed by atoms with Crippen LogP contribution >= 0.6 is 0 Å². The highest BCUT2D eigenvalue weighted by Gasteiger charge is 2.28. The highest BCUT2D eigenvalue weighted by molar-refractivity contribution is 5.80. The summed E-state index contributed by atoms with van der Waals surface area (Å²) in [5.74, 6) is 0.701. The summed E-state index contributed by atoms with van der Waals surface area (Å²) >= 11 is 0. The minimum absolute atomic E-state index is 0.00792. The summed E-state index contributed by atoms with van der Waals surface area (Å²) in [7, 11) is 0. The van der Waals surface area contributed by atoms with E-state index in [4.69, 9.17) is 10.00 Å². The van der Waals surface area contributed by atoms with Crippen molar-refractivity contribution in [3.05, 3.63) is 29.8 Å². The Morgan fingerprint density at radius 2 is 2.33 bits per heavy atom. The lowest BCUT2D eigenvalue weighted by molar-refractivity contribution is -0.136. The molecule has 1 aliphatic heterocycles. The molecule has 0 N–H and O–H groups in total. The summed E-state index contributed by atoms with van der Waals surface area (Å²) in [6.07, 6.45) is 0.691. The minimum Gasteiger partial charge on any atom is -0.492 e. The number of amides is 1. The fourth-order valence-electron chi connectivity index (χ4n) is 2.18. The van der Waals surface area contributed by atoms with Crippen LogP contribution in [0.15, 0.2) is 24.3 Å². The number of ether oxygens (including phenoxy) is 1. The van der Waals surface area contributed by atoms with E-state index < -0.39 is 0 Å². The van der Waals surface area contributed by atoms with Crippen molar-refractivity contribution in [1.29, 1.82) is 5.26 Å². The van der Waals surface area contributed by atoms with Crippen molar-refractivity contribution in [2.45, 2.75) is 13.3 Å². The largest absolute Gasteiger partial charge is 0.492 e. The number of nitrogens with zero attached hydrogens (tertiary/aromatic N) is 2. The number of carbonyl (C=O) groups excluding carboxylic acids is 1. The second-order valence-corrected chi connectivity index (χ2v) is 4.33. The van der Waals surface area contributed by atoms with Gasteiger partial charge in [-0.2, -0.15) is 5.26 Å². The fourth-order valence-corrected chi connectivity index (χ4v) is 2.18. The third kappa shape index (κ3) is 2.45. The van der Waals surface area contributed by atoms with E-state index in [-0.39, 0.29) is 18.4 Å². The predicted octanol–water partition coefficient (Wildman–Crippen LogP) is 1.61. The Kier molecular flexibility index (Phi) is 3.83. The molecule has 0 bridgehead atoms. The Morgan fingerprint density at radius 3 is 3.06 bits per heavy atom. The van der Waals surface area contributed by atoms with Gasteiger partial charge in [-0.1, -0.05) is 18.2 Å². The molecule has 1 aromatic rings. The maximum atomic E-state index is 12.2. The van der Waals surface area contributed by atoms with Gasteiger partial charge in [0.05, 0.1) is 12.0 Å². The third-order valence-electron chi connectivity index (χ3n) is 3.18. The van der Waals surface area contributed by atoms with E-state index in [0.29, 0.717) is 19.6 Å². The summed E-state index contributed by atoms with van der Waals surface area (Å²) in [4.78, 5) is 13.8. The third-order valence-corrected chi connectivity index (χ3v) is 3.18. The van der Waals surface area contributed by atoms with Crippen LogP contribution in [0.1, 0.15) is 12.5 Å². The maximum Gasteiger partial charge on any atom is 0.230 e. The van der Waals surface area contributed by atoms with E-state index in [1.54, 1.807) is 4.90 Å². The second kappa shape index (κ2) is 5.54. The monoisotopic (exact) mass is 244 g/mol. The molecular weight excluding hydrogens is 228 g/mol. The molecule has 1 aliphatic rings. The molecule has 0 radical (unpaired) electrons. The average molecular weight is 244 g/mol. The zero-order chi connectivity index (χ0) is 13.0. The Morgan fingerprint density at radius 1 is 1.56 bits per heavy atom. The van der Waals surface area contributed by atoms with Crippen LogP contribution in [-0.2, 0) is 11.2 Å². The highest BCUT2D eigenvalue weighted by atomic mass is 16.5. The second-order valence-electron chi connectivity index (χ2n) is 4.33. The molecule has 4 nitrogen and oxygen atoms in total. The van der Waals surface area contributed by atoms with Crippen molar-refractivity contribution >= 4 is 5.91 Å². The molecule has 0 fully saturated rings. The first-order valence-electron chi connectivity index (χ1n) is 6.12. The van der Waals surface area contributed by atoms with E-state index in [1.165, 1.54) is 0 Å². The normalized spacial score (nSPS) is 17.2. The van der Waals surface area contributed by atoms with Crippen LogP contribution in [0.4, 0.5) is 0 Å². The van der Waals surface area contributed by atoms with Crippen LogP contribution in [0, 0.1) is 17.2 Å². The number of carbonyl (C=O) groups is 1. The van der Waals surface area contributed by atoms with Crippen LogP contribution in [0.5, 0.6) is 5.75 Å². The lowest BCUT2D eigenvalue weighted by Crippen LogP contribution is -2.40. The Balaban J connectivity index is 2.09. The van der Waals surface area contributed by atoms with E-state index in [1.807, 2.05) is 37.3 Å². The Labute approximate surface area is 107 Å². The van der Waals surface area contributed by atoms with Crippen molar-refractivity contribution in [1.82, 2.24) is 4.90 Å². The van der Waals surface area contributed by atoms with E-state index in [9.17, 15) is 4.79 Å². The van der Waals surface area contributed by atoms with Gasteiger partial charge < -0.3 is 9.64 Å². The topological polar surface area (TPSA) is 53.3 Å². The van der Waals surface area contributed by atoms with Gasteiger partial charge in [0, 0.05) is 6.54 Å². The van der Waals surface area contributed by atoms with Crippen molar-refractivity contribution < 1.29 is 9.53 Å². The number of para-hydroxylation sites is 1. The van der Waals surface area contributed by atoms with Gasteiger partial charge in [0.2, 0.25) is 5.91 Å². The summed E-state index contributed by atoms with van der Waals surface area (Å²) in [5.41, 5.74) is 1.06. The molecule has 1 amide bonds. The molecule has 1 aromatic carbocycles. The van der Waals surface area contributed by atoms with Crippen molar-refractivity contribution in [3.8, 4) is 11.8 Å². The lowest BCUT2D eigenvalue weighted by Gasteiger charge is -2.28. The van der Waals surface area contributed by atoms with E-state index in [2.05, 4.69) is 0 Å². The molecule has 1 unspecified atom stereocenters. The number of benzene rings is 1. The van der Waals surface area contributed by atoms with Crippen LogP contribution < -0.4 is 4.74 Å². The van der Waals surface area contributed by atoms with Crippen molar-refractivity contribution in [2.75, 3.05) is 19.7 Å². The molecule has 0 aliphatic carbocycles. The molecule has 1 atom stereocenters. The molecule has 4 heteroatoms. The maximum absolute atomic E-state index is 12.2. The van der Waals surface area contributed by atoms with Crippen LogP contribution in [-0.4, -0.2) is 30.5 Å². The molecular formula is C14H16N2O2. The Hall–Kier alpha value is -2.02. The standard InChI is InChI=1S/C14H16N2O2/c1-2-16(8-7-15)14(17)12-9-11-5-3-4-6-13(11)18-10-12/h3-6,12H,2,8-10H2,1H3. The first-order chi connectivity index (χ1) is 8.76. The molecule has 18 heavy (non-hydrogen) atoms. The molecule has 0 aromatic heterocycles. The number of fused-ring (bicyclic) bond motifs is 1. The van der Waals surface area contributed by atoms with Crippen LogP contribution in [0.3, 0.4) is 0 Å². The smallest absolute Gasteiger partial charge is 0.230 e. The summed E-state index contributed by atoms with van der Waals surface area (Å²) in [6.45, 7) is 2.99. The Bertz CT molecular complexity index is 479. The quantitative estimate of drug-likeness (QED) is 0.759. The summed E-state index contributed by atoms with van der Waals surface area (Å²) in [5, 5.41) is 8.70. The minimum atomic E-state index is -0.173. The average Bonchev–Trinajstić information content (AvgIpc) is 2.43. The van der Waals surface area contributed by atoms with E-state index >= 15 is 0 Å². The van der Waals surface area contributed by atoms with Gasteiger partial charge >= 0.3 is 0 Å². The van der Waals surface area contributed by atoms with E-state index in [0.717, 1.165) is 11.3 Å². The van der Waals surface area contributed by atoms with Gasteiger partial charge in [0.25, 0.3) is 0 Å². The molecule has 0 spiro atoms. The highest BCUT2D eigenvalue weighted by Crippen LogP contribution is 2.27. The van der Waals surface area contributed by atoms with Crippen LogP contribution in [0.2, 0.25) is 0 Å². The number of hydrogen-bond acceptors (Lipinski definition) is 3. The first-order valence-corrected chi connectivity index (χ1v) is 6.12. The molecule has 0 saturated heterocycles. The van der Waals surface area contributed by atoms with Gasteiger partial charge in [-0.15, -0.1) is 0 Å². The molecule has 0 saturated carbocycles. The van der Waals surface area contributed by atoms with Crippen LogP contribution in [0.25, 0.3) is 0 Å². The van der Waals surface area contributed by atoms with Gasteiger partial charge in [-0.3, -0.25) is 4.79 Å². The molecule has 94 valence electrons. The zero-order valence-corrected chi connectivity index (χ0v) is 10.4. The number of hydrogen-bond donors (Lipinski definition) is 0. The van der Waals surface area contributed by atoms with Gasteiger partial charge in [-0.05, 0) is 25.0 Å². The lowest BCUT2D eigenvalue weighted by atomic mass is 9.95. The fraction of sp³-hybridized carbons (Fsp3) is 0.429. The summed E-state index contributed by atoms with van der Waals surface area (Å²) < 4.78 is 5.60. The first kappa shape index (κ1) is 12.4. The van der Waals surface area contributed by atoms with Gasteiger partial charge in [-0.25, -0.2) is 0 Å². The summed E-state index contributed by atoms with van der Waals surface area (Å²) in [6, 6.07) is 9.80. The van der Waals surface area contributed by atoms with Gasteiger partial charge in [0.15, 0.2) is 0 Å². The SMILES string of the molecule is CCN(CC#N)C(=O)C1COc2ccccc2C1. The number of nitriles is 1. The molecule has 2 rings (SSSR count). The van der Waals surface area contributed by atoms with Gasteiger partial charge in [0.1, 0.15) is 18.9 Å². The predicted molar refractivity (Wildman–Crippen MR) is 67.0 cm³/mol. The number of rotatable bonds is 3.